The number of hydrogen-bond donors (Lipinski definition) is 0. The first kappa shape index (κ1) is 14.7. The highest BCUT2D eigenvalue weighted by molar-refractivity contribution is 6.70. The van der Waals surface area contributed by atoms with E-state index in [1.165, 1.54) is 7.11 Å². The van der Waals surface area contributed by atoms with Gasteiger partial charge in [-0.15, -0.1) is 0 Å². The van der Waals surface area contributed by atoms with E-state index in [2.05, 4.69) is 16.6 Å². The molecule has 0 saturated carbocycles. The van der Waals surface area contributed by atoms with Crippen LogP contribution in [0.4, 0.5) is 0 Å². The minimum atomic E-state index is -1.82. The van der Waals surface area contributed by atoms with Gasteiger partial charge in [0.15, 0.2) is 0 Å². The molecule has 0 aliphatic rings. The van der Waals surface area contributed by atoms with Gasteiger partial charge in [0.05, 0.1) is 6.61 Å². The van der Waals surface area contributed by atoms with E-state index in [1.807, 2.05) is 19.6 Å². The summed E-state index contributed by atoms with van der Waals surface area (Å²) in [6, 6.07) is 0. The Morgan fingerprint density at radius 2 is 1.94 bits per heavy atom. The molecule has 16 heavy (non-hydrogen) atoms. The van der Waals surface area contributed by atoms with Crippen molar-refractivity contribution < 1.29 is 18.8 Å². The predicted molar refractivity (Wildman–Crippen MR) is 64.6 cm³/mol. The Bertz CT molecular complexity index is 294. The number of oxime groups is 1. The fourth-order valence-electron chi connectivity index (χ4n) is 0.911. The Morgan fingerprint density at radius 1 is 1.38 bits per heavy atom. The van der Waals surface area contributed by atoms with E-state index in [4.69, 9.17) is 9.16 Å². The third kappa shape index (κ3) is 5.55. The summed E-state index contributed by atoms with van der Waals surface area (Å²) in [5, 5.41) is 3.57. The molecule has 0 bridgehead atoms. The van der Waals surface area contributed by atoms with Crippen LogP contribution in [0.15, 0.2) is 17.5 Å². The monoisotopic (exact) mass is 245 g/mol. The van der Waals surface area contributed by atoms with E-state index >= 15 is 0 Å². The van der Waals surface area contributed by atoms with Crippen molar-refractivity contribution in [2.24, 2.45) is 5.16 Å². The molecule has 92 valence electrons. The lowest BCUT2D eigenvalue weighted by Gasteiger charge is -2.20. The third-order valence-electron chi connectivity index (χ3n) is 1.34. The van der Waals surface area contributed by atoms with Gasteiger partial charge in [0.2, 0.25) is 14.0 Å². The van der Waals surface area contributed by atoms with E-state index in [0.29, 0.717) is 0 Å². The number of nitrogens with zero attached hydrogens (tertiary/aromatic N) is 1. The van der Waals surface area contributed by atoms with Crippen molar-refractivity contribution in [3.05, 3.63) is 12.3 Å². The summed E-state index contributed by atoms with van der Waals surface area (Å²) in [6.07, 6.45) is 0. The fourth-order valence-corrected chi connectivity index (χ4v) is 1.75. The van der Waals surface area contributed by atoms with E-state index in [-0.39, 0.29) is 18.1 Å². The first-order chi connectivity index (χ1) is 7.31. The van der Waals surface area contributed by atoms with E-state index < -0.39 is 14.3 Å². The predicted octanol–water partition coefficient (Wildman–Crippen LogP) is 1.92. The minimum Gasteiger partial charge on any atom is -0.543 e. The van der Waals surface area contributed by atoms with Gasteiger partial charge in [0.25, 0.3) is 0 Å². The molecule has 0 aliphatic heterocycles. The Labute approximate surface area is 97.2 Å². The van der Waals surface area contributed by atoms with Crippen molar-refractivity contribution in [3.63, 3.8) is 0 Å². The van der Waals surface area contributed by atoms with Crippen molar-refractivity contribution in [1.29, 1.82) is 0 Å². The Kier molecular flexibility index (Phi) is 5.80. The molecule has 5 nitrogen and oxygen atoms in total. The van der Waals surface area contributed by atoms with Crippen molar-refractivity contribution in [3.8, 4) is 0 Å². The second-order valence-corrected chi connectivity index (χ2v) is 8.41. The summed E-state index contributed by atoms with van der Waals surface area (Å²) in [5.41, 5.74) is -0.0215. The summed E-state index contributed by atoms with van der Waals surface area (Å²) in [5.74, 6) is -0.396. The average Bonchev–Trinajstić information content (AvgIpc) is 2.11. The summed E-state index contributed by atoms with van der Waals surface area (Å²) in [7, 11) is -0.476. The molecule has 0 spiro atoms. The van der Waals surface area contributed by atoms with Gasteiger partial charge in [-0.25, -0.2) is 4.79 Å². The number of hydrogen-bond acceptors (Lipinski definition) is 5. The van der Waals surface area contributed by atoms with Crippen molar-refractivity contribution >= 4 is 20.0 Å². The smallest absolute Gasteiger partial charge is 0.364 e. The van der Waals surface area contributed by atoms with Gasteiger partial charge in [-0.05, 0) is 26.6 Å². The van der Waals surface area contributed by atoms with Gasteiger partial charge >= 0.3 is 5.97 Å². The number of esters is 1. The molecule has 0 atom stereocenters. The maximum absolute atomic E-state index is 11.5. The van der Waals surface area contributed by atoms with E-state index in [1.54, 1.807) is 6.92 Å². The van der Waals surface area contributed by atoms with Crippen LogP contribution in [0.2, 0.25) is 19.6 Å². The summed E-state index contributed by atoms with van der Waals surface area (Å²) < 4.78 is 10.4. The second-order valence-electron chi connectivity index (χ2n) is 3.98. The maximum Gasteiger partial charge on any atom is 0.364 e. The maximum atomic E-state index is 11.5. The molecular formula is C10H19NO4Si. The SMILES string of the molecule is C=C(O[Si](C)(C)C)/C(=N\OC)C(=O)OCC. The average molecular weight is 245 g/mol. The highest BCUT2D eigenvalue weighted by Gasteiger charge is 2.24. The van der Waals surface area contributed by atoms with Crippen molar-refractivity contribution in [2.45, 2.75) is 26.6 Å². The summed E-state index contributed by atoms with van der Waals surface area (Å²) in [6.45, 7) is 11.6. The molecule has 0 aromatic rings. The van der Waals surface area contributed by atoms with Gasteiger partial charge in [0.1, 0.15) is 12.9 Å². The molecule has 0 rings (SSSR count). The van der Waals surface area contributed by atoms with Crippen LogP contribution in [-0.2, 0) is 18.8 Å². The van der Waals surface area contributed by atoms with Crippen LogP contribution < -0.4 is 0 Å². The second kappa shape index (κ2) is 6.32. The van der Waals surface area contributed by atoms with Gasteiger partial charge < -0.3 is 14.0 Å². The zero-order valence-corrected chi connectivity index (χ0v) is 11.5. The molecule has 0 N–H and O–H groups in total. The van der Waals surface area contributed by atoms with Gasteiger partial charge in [-0.1, -0.05) is 11.7 Å². The van der Waals surface area contributed by atoms with Gasteiger partial charge in [0, 0.05) is 0 Å². The van der Waals surface area contributed by atoms with Crippen LogP contribution >= 0.6 is 0 Å². The molecule has 0 aliphatic carbocycles. The quantitative estimate of drug-likeness (QED) is 0.236. The van der Waals surface area contributed by atoms with Crippen LogP contribution in [-0.4, -0.2) is 33.7 Å². The minimum absolute atomic E-state index is 0.0215. The third-order valence-corrected chi connectivity index (χ3v) is 2.20. The lowest BCUT2D eigenvalue weighted by Crippen LogP contribution is -2.30. The van der Waals surface area contributed by atoms with Crippen LogP contribution in [0, 0.1) is 0 Å². The molecular weight excluding hydrogens is 226 g/mol. The number of carbonyl (C=O) groups is 1. The van der Waals surface area contributed by atoms with Gasteiger partial charge in [-0.3, -0.25) is 0 Å². The fraction of sp³-hybridized carbons (Fsp3) is 0.600. The molecule has 0 aromatic carbocycles. The molecule has 0 saturated heterocycles. The van der Waals surface area contributed by atoms with Crippen LogP contribution in [0.25, 0.3) is 0 Å². The van der Waals surface area contributed by atoms with Crippen LogP contribution in [0.3, 0.4) is 0 Å². The molecule has 0 unspecified atom stereocenters. The number of rotatable bonds is 6. The summed E-state index contributed by atoms with van der Waals surface area (Å²) >= 11 is 0. The number of carbonyl (C=O) groups excluding carboxylic acids is 1. The standard InChI is InChI=1S/C10H19NO4Si/c1-7-14-10(12)9(11-13-3)8(2)15-16(4,5)6/h2,7H2,1,3-6H3/b11-9+. The zero-order valence-electron chi connectivity index (χ0n) is 10.5. The molecule has 0 aromatic heterocycles. The number of ether oxygens (including phenoxy) is 1. The van der Waals surface area contributed by atoms with Gasteiger partial charge in [-0.2, -0.15) is 0 Å². The Hall–Kier alpha value is -1.30. The highest BCUT2D eigenvalue weighted by atomic mass is 28.4. The molecule has 0 amide bonds. The van der Waals surface area contributed by atoms with Crippen LogP contribution in [0.5, 0.6) is 0 Å². The molecule has 0 radical (unpaired) electrons. The van der Waals surface area contributed by atoms with Crippen molar-refractivity contribution in [1.82, 2.24) is 0 Å². The Morgan fingerprint density at radius 3 is 2.31 bits per heavy atom. The van der Waals surface area contributed by atoms with E-state index in [0.717, 1.165) is 0 Å². The Balaban J connectivity index is 4.74. The molecule has 6 heteroatoms. The summed E-state index contributed by atoms with van der Waals surface area (Å²) in [4.78, 5) is 16.1. The topological polar surface area (TPSA) is 57.1 Å². The normalized spacial score (nSPS) is 11.9. The lowest BCUT2D eigenvalue weighted by molar-refractivity contribution is -0.135. The highest BCUT2D eigenvalue weighted by Crippen LogP contribution is 2.11. The van der Waals surface area contributed by atoms with E-state index in [9.17, 15) is 4.79 Å². The molecule has 0 heterocycles. The first-order valence-electron chi connectivity index (χ1n) is 4.98. The first-order valence-corrected chi connectivity index (χ1v) is 8.39. The largest absolute Gasteiger partial charge is 0.543 e. The zero-order chi connectivity index (χ0) is 12.8. The lowest BCUT2D eigenvalue weighted by atomic mass is 10.3. The van der Waals surface area contributed by atoms with Crippen LogP contribution in [0.1, 0.15) is 6.92 Å². The van der Waals surface area contributed by atoms with Crippen molar-refractivity contribution in [2.75, 3.05) is 13.7 Å². The molecule has 0 fully saturated rings.